The minimum atomic E-state index is -0.661. The van der Waals surface area contributed by atoms with Crippen LogP contribution in [-0.4, -0.2) is 35.8 Å². The van der Waals surface area contributed by atoms with Gasteiger partial charge >= 0.3 is 0 Å². The fourth-order valence-electron chi connectivity index (χ4n) is 1.89. The fourth-order valence-corrected chi connectivity index (χ4v) is 1.89. The molecule has 1 aromatic carbocycles. The van der Waals surface area contributed by atoms with Crippen molar-refractivity contribution in [2.24, 2.45) is 0 Å². The number of carbonyl (C=O) groups excluding carboxylic acids is 2. The van der Waals surface area contributed by atoms with Crippen molar-refractivity contribution in [3.63, 3.8) is 0 Å². The van der Waals surface area contributed by atoms with Crippen LogP contribution in [0.15, 0.2) is 36.4 Å². The highest BCUT2D eigenvalue weighted by atomic mass is 19.1. The third-order valence-electron chi connectivity index (χ3n) is 3.00. The van der Waals surface area contributed by atoms with Crippen LogP contribution in [0.5, 0.6) is 0 Å². The molecule has 2 amide bonds. The van der Waals surface area contributed by atoms with Gasteiger partial charge in [0, 0.05) is 19.7 Å². The van der Waals surface area contributed by atoms with Gasteiger partial charge in [0.25, 0.3) is 5.91 Å². The van der Waals surface area contributed by atoms with Crippen LogP contribution in [0, 0.1) is 11.6 Å². The number of pyridine rings is 1. The molecule has 0 radical (unpaired) electrons. The number of nitrogens with one attached hydrogen (secondary N) is 1. The van der Waals surface area contributed by atoms with E-state index in [1.807, 2.05) is 0 Å². The van der Waals surface area contributed by atoms with Crippen molar-refractivity contribution in [1.29, 1.82) is 0 Å². The molecular formula is C16H15F2N3O2. The van der Waals surface area contributed by atoms with Gasteiger partial charge in [-0.2, -0.15) is 0 Å². The molecule has 0 atom stereocenters. The van der Waals surface area contributed by atoms with Gasteiger partial charge in [0.2, 0.25) is 5.91 Å². The number of anilines is 1. The third kappa shape index (κ3) is 4.32. The second kappa shape index (κ2) is 6.95. The highest BCUT2D eigenvalue weighted by molar-refractivity contribution is 5.94. The molecule has 1 N–H and O–H groups in total. The number of carbonyl (C=O) groups is 2. The summed E-state index contributed by atoms with van der Waals surface area (Å²) in [7, 11) is 3.17. The van der Waals surface area contributed by atoms with Gasteiger partial charge < -0.3 is 10.2 Å². The van der Waals surface area contributed by atoms with Gasteiger partial charge in [-0.3, -0.25) is 9.59 Å². The lowest BCUT2D eigenvalue weighted by atomic mass is 10.1. The Hall–Kier alpha value is -2.83. The van der Waals surface area contributed by atoms with Crippen LogP contribution < -0.4 is 5.32 Å². The zero-order valence-electron chi connectivity index (χ0n) is 12.6. The van der Waals surface area contributed by atoms with Crippen molar-refractivity contribution in [2.75, 3.05) is 19.4 Å². The first-order valence-corrected chi connectivity index (χ1v) is 6.79. The summed E-state index contributed by atoms with van der Waals surface area (Å²) in [6.45, 7) is 0. The number of amides is 2. The third-order valence-corrected chi connectivity index (χ3v) is 3.00. The Morgan fingerprint density at radius 1 is 1.17 bits per heavy atom. The molecule has 2 aromatic rings. The van der Waals surface area contributed by atoms with E-state index in [0.29, 0.717) is 0 Å². The van der Waals surface area contributed by atoms with Crippen LogP contribution in [0.3, 0.4) is 0 Å². The molecule has 5 nitrogen and oxygen atoms in total. The van der Waals surface area contributed by atoms with Gasteiger partial charge in [-0.05, 0) is 30.3 Å². The molecule has 23 heavy (non-hydrogen) atoms. The van der Waals surface area contributed by atoms with Gasteiger partial charge in [0.1, 0.15) is 23.1 Å². The quantitative estimate of drug-likeness (QED) is 0.940. The number of rotatable bonds is 4. The molecule has 0 aliphatic heterocycles. The molecule has 0 saturated heterocycles. The molecule has 120 valence electrons. The summed E-state index contributed by atoms with van der Waals surface area (Å²) in [5, 5.41) is 2.46. The second-order valence-corrected chi connectivity index (χ2v) is 5.07. The number of aromatic nitrogens is 1. The van der Waals surface area contributed by atoms with E-state index in [1.54, 1.807) is 20.2 Å². The number of nitrogens with zero attached hydrogens (tertiary/aromatic N) is 2. The minimum Gasteiger partial charge on any atom is -0.343 e. The summed E-state index contributed by atoms with van der Waals surface area (Å²) in [5.41, 5.74) is 0.118. The minimum absolute atomic E-state index is 0.0528. The van der Waals surface area contributed by atoms with Crippen molar-refractivity contribution in [1.82, 2.24) is 9.88 Å². The molecule has 1 aromatic heterocycles. The van der Waals surface area contributed by atoms with Crippen LogP contribution in [0.25, 0.3) is 0 Å². The average Bonchev–Trinajstić information content (AvgIpc) is 2.50. The van der Waals surface area contributed by atoms with Crippen molar-refractivity contribution >= 4 is 17.6 Å². The summed E-state index contributed by atoms with van der Waals surface area (Å²) < 4.78 is 26.6. The summed E-state index contributed by atoms with van der Waals surface area (Å²) in [6, 6.07) is 7.51. The van der Waals surface area contributed by atoms with Crippen LogP contribution in [0.4, 0.5) is 14.6 Å². The van der Waals surface area contributed by atoms with Crippen molar-refractivity contribution in [3.8, 4) is 0 Å². The summed E-state index contributed by atoms with van der Waals surface area (Å²) in [4.78, 5) is 29.1. The lowest BCUT2D eigenvalue weighted by Gasteiger charge is -2.11. The van der Waals surface area contributed by atoms with Gasteiger partial charge in [0.15, 0.2) is 0 Å². The van der Waals surface area contributed by atoms with E-state index in [0.717, 1.165) is 18.2 Å². The Morgan fingerprint density at radius 2 is 1.91 bits per heavy atom. The van der Waals surface area contributed by atoms with E-state index in [2.05, 4.69) is 10.3 Å². The maximum atomic E-state index is 13.5. The number of hydrogen-bond acceptors (Lipinski definition) is 3. The molecule has 0 fully saturated rings. The number of halogens is 2. The van der Waals surface area contributed by atoms with Crippen LogP contribution in [0.2, 0.25) is 0 Å². The maximum absolute atomic E-state index is 13.5. The fraction of sp³-hybridized carbons (Fsp3) is 0.188. The van der Waals surface area contributed by atoms with Crippen molar-refractivity contribution in [2.45, 2.75) is 6.42 Å². The van der Waals surface area contributed by atoms with E-state index in [4.69, 9.17) is 0 Å². The molecule has 0 spiro atoms. The van der Waals surface area contributed by atoms with Crippen molar-refractivity contribution in [3.05, 3.63) is 59.3 Å². The molecule has 7 heteroatoms. The van der Waals surface area contributed by atoms with Crippen molar-refractivity contribution < 1.29 is 18.4 Å². The molecule has 0 aliphatic rings. The molecule has 0 unspecified atom stereocenters. The van der Waals surface area contributed by atoms with Gasteiger partial charge in [0.05, 0.1) is 6.42 Å². The largest absolute Gasteiger partial charge is 0.343 e. The summed E-state index contributed by atoms with van der Waals surface area (Å²) in [5.74, 6) is -1.98. The number of benzene rings is 1. The normalized spacial score (nSPS) is 10.3. The van der Waals surface area contributed by atoms with E-state index in [9.17, 15) is 18.4 Å². The predicted molar refractivity (Wildman–Crippen MR) is 80.9 cm³/mol. The highest BCUT2D eigenvalue weighted by Crippen LogP contribution is 2.12. The average molecular weight is 319 g/mol. The number of hydrogen-bond donors (Lipinski definition) is 1. The zero-order valence-corrected chi connectivity index (χ0v) is 12.6. The Labute approximate surface area is 131 Å². The Balaban J connectivity index is 2.10. The lowest BCUT2D eigenvalue weighted by molar-refractivity contribution is -0.115. The smallest absolute Gasteiger partial charge is 0.272 e. The van der Waals surface area contributed by atoms with Crippen LogP contribution in [-0.2, 0) is 11.2 Å². The van der Waals surface area contributed by atoms with E-state index >= 15 is 0 Å². The Bertz CT molecular complexity index is 748. The molecular weight excluding hydrogens is 304 g/mol. The van der Waals surface area contributed by atoms with Gasteiger partial charge in [-0.15, -0.1) is 0 Å². The standard InChI is InChI=1S/C16H15F2N3O2/c1-21(2)16(23)13-4-3-5-14(19-13)20-15(22)9-10-8-11(17)6-7-12(10)18/h3-8H,9H2,1-2H3,(H,19,20,22). The Morgan fingerprint density at radius 3 is 2.61 bits per heavy atom. The topological polar surface area (TPSA) is 62.3 Å². The molecule has 1 heterocycles. The first kappa shape index (κ1) is 16.5. The molecule has 0 saturated carbocycles. The molecule has 0 aliphatic carbocycles. The van der Waals surface area contributed by atoms with E-state index in [-0.39, 0.29) is 29.4 Å². The van der Waals surface area contributed by atoms with Gasteiger partial charge in [-0.25, -0.2) is 13.8 Å². The zero-order chi connectivity index (χ0) is 17.0. The first-order valence-electron chi connectivity index (χ1n) is 6.79. The van der Waals surface area contributed by atoms with Crippen LogP contribution in [0.1, 0.15) is 16.1 Å². The summed E-state index contributed by atoms with van der Waals surface area (Å²) >= 11 is 0. The van der Waals surface area contributed by atoms with E-state index < -0.39 is 17.5 Å². The predicted octanol–water partition coefficient (Wildman–Crippen LogP) is 2.24. The van der Waals surface area contributed by atoms with Gasteiger partial charge in [-0.1, -0.05) is 6.07 Å². The maximum Gasteiger partial charge on any atom is 0.272 e. The monoisotopic (exact) mass is 319 g/mol. The van der Waals surface area contributed by atoms with E-state index in [1.165, 1.54) is 17.0 Å². The molecule has 2 rings (SSSR count). The summed E-state index contributed by atoms with van der Waals surface area (Å²) in [6.07, 6.45) is -0.336. The lowest BCUT2D eigenvalue weighted by Crippen LogP contribution is -2.23. The van der Waals surface area contributed by atoms with Crippen LogP contribution >= 0.6 is 0 Å². The SMILES string of the molecule is CN(C)C(=O)c1cccc(NC(=O)Cc2cc(F)ccc2F)n1. The highest BCUT2D eigenvalue weighted by Gasteiger charge is 2.13. The first-order chi connectivity index (χ1) is 10.9. The Kier molecular flexibility index (Phi) is 5.00. The molecule has 0 bridgehead atoms. The second-order valence-electron chi connectivity index (χ2n) is 5.07.